The van der Waals surface area contributed by atoms with E-state index in [0.717, 1.165) is 56.1 Å². The van der Waals surface area contributed by atoms with E-state index in [9.17, 15) is 4.79 Å². The minimum atomic E-state index is -0.0116. The summed E-state index contributed by atoms with van der Waals surface area (Å²) in [6, 6.07) is 12.3. The zero-order chi connectivity index (χ0) is 19.8. The molecule has 2 amide bonds. The maximum absolute atomic E-state index is 12.3. The summed E-state index contributed by atoms with van der Waals surface area (Å²) in [7, 11) is 1.77. The number of aliphatic imine (C=N–C) groups is 1. The molecule has 8 heteroatoms. The highest BCUT2D eigenvalue weighted by Crippen LogP contribution is 2.16. The standard InChI is InChI=1S/C21H29N5OS.HI/c1-3-18-9-10-19(28-18)15-24-20(22-2)23-14-16-7-6-8-17(13-16)25-21(27)26-11-4-5-12-26;/h6-10,13H,3-5,11-12,14-15H2,1-2H3,(H,25,27)(H2,22,23,24);1H. The van der Waals surface area contributed by atoms with Crippen molar-refractivity contribution in [2.45, 2.75) is 39.3 Å². The summed E-state index contributed by atoms with van der Waals surface area (Å²) >= 11 is 1.83. The van der Waals surface area contributed by atoms with Crippen LogP contribution < -0.4 is 16.0 Å². The number of carbonyl (C=O) groups is 1. The first-order chi connectivity index (χ1) is 13.7. The molecule has 3 N–H and O–H groups in total. The van der Waals surface area contributed by atoms with Gasteiger partial charge in [-0.2, -0.15) is 0 Å². The molecule has 158 valence electrons. The van der Waals surface area contributed by atoms with Crippen molar-refractivity contribution >= 4 is 53.0 Å². The fourth-order valence-electron chi connectivity index (χ4n) is 3.17. The van der Waals surface area contributed by atoms with Gasteiger partial charge in [0.05, 0.1) is 6.54 Å². The third kappa shape index (κ3) is 7.18. The summed E-state index contributed by atoms with van der Waals surface area (Å²) in [4.78, 5) is 21.1. The van der Waals surface area contributed by atoms with Gasteiger partial charge in [0.25, 0.3) is 0 Å². The number of aryl methyl sites for hydroxylation is 1. The van der Waals surface area contributed by atoms with Gasteiger partial charge in [-0.3, -0.25) is 4.99 Å². The molecule has 0 unspecified atom stereocenters. The number of benzene rings is 1. The first-order valence-corrected chi connectivity index (χ1v) is 10.7. The number of thiophene rings is 1. The molecule has 1 saturated heterocycles. The van der Waals surface area contributed by atoms with Gasteiger partial charge in [0.2, 0.25) is 0 Å². The molecule has 1 aromatic heterocycles. The Kier molecular flexibility index (Phi) is 9.72. The van der Waals surface area contributed by atoms with E-state index < -0.39 is 0 Å². The Bertz CT molecular complexity index is 817. The normalized spacial score (nSPS) is 13.7. The van der Waals surface area contributed by atoms with Gasteiger partial charge < -0.3 is 20.9 Å². The highest BCUT2D eigenvalue weighted by molar-refractivity contribution is 14.0. The Hall–Kier alpha value is -1.81. The number of guanidine groups is 1. The fourth-order valence-corrected chi connectivity index (χ4v) is 4.06. The number of nitrogens with zero attached hydrogens (tertiary/aromatic N) is 2. The van der Waals surface area contributed by atoms with Crippen LogP contribution in [0.3, 0.4) is 0 Å². The molecule has 0 bridgehead atoms. The quantitative estimate of drug-likeness (QED) is 0.296. The van der Waals surface area contributed by atoms with Crippen LogP contribution in [-0.4, -0.2) is 37.0 Å². The van der Waals surface area contributed by atoms with E-state index in [0.29, 0.717) is 6.54 Å². The molecule has 3 rings (SSSR count). The maximum Gasteiger partial charge on any atom is 0.321 e. The van der Waals surface area contributed by atoms with Crippen LogP contribution in [0.15, 0.2) is 41.4 Å². The molecular formula is C21H30IN5OS. The zero-order valence-electron chi connectivity index (χ0n) is 17.0. The molecule has 1 aliphatic heterocycles. The third-order valence-corrected chi connectivity index (χ3v) is 5.98. The second-order valence-corrected chi connectivity index (χ2v) is 8.08. The largest absolute Gasteiger partial charge is 0.352 e. The van der Waals surface area contributed by atoms with Gasteiger partial charge >= 0.3 is 6.03 Å². The first-order valence-electron chi connectivity index (χ1n) is 9.85. The van der Waals surface area contributed by atoms with E-state index in [-0.39, 0.29) is 30.0 Å². The number of hydrogen-bond donors (Lipinski definition) is 3. The van der Waals surface area contributed by atoms with Crippen molar-refractivity contribution in [1.29, 1.82) is 0 Å². The first kappa shape index (κ1) is 23.5. The number of urea groups is 1. The lowest BCUT2D eigenvalue weighted by Gasteiger charge is -2.17. The average molecular weight is 527 g/mol. The van der Waals surface area contributed by atoms with Crippen molar-refractivity contribution in [2.75, 3.05) is 25.5 Å². The summed E-state index contributed by atoms with van der Waals surface area (Å²) in [5, 5.41) is 9.68. The Morgan fingerprint density at radius 1 is 1.10 bits per heavy atom. The minimum Gasteiger partial charge on any atom is -0.352 e. The molecular weight excluding hydrogens is 497 g/mol. The molecule has 1 fully saturated rings. The minimum absolute atomic E-state index is 0. The Labute approximate surface area is 194 Å². The van der Waals surface area contributed by atoms with E-state index in [1.54, 1.807) is 7.05 Å². The van der Waals surface area contributed by atoms with Crippen molar-refractivity contribution in [3.63, 3.8) is 0 Å². The van der Waals surface area contributed by atoms with E-state index in [1.807, 2.05) is 40.5 Å². The van der Waals surface area contributed by atoms with Crippen LogP contribution in [0.25, 0.3) is 0 Å². The van der Waals surface area contributed by atoms with Crippen molar-refractivity contribution in [1.82, 2.24) is 15.5 Å². The summed E-state index contributed by atoms with van der Waals surface area (Å²) in [5.74, 6) is 0.762. The van der Waals surface area contributed by atoms with E-state index >= 15 is 0 Å². The Balaban J connectivity index is 0.00000300. The number of amides is 2. The molecule has 1 aromatic carbocycles. The van der Waals surface area contributed by atoms with Crippen molar-refractivity contribution in [3.8, 4) is 0 Å². The van der Waals surface area contributed by atoms with Crippen LogP contribution in [0.2, 0.25) is 0 Å². The smallest absolute Gasteiger partial charge is 0.321 e. The summed E-state index contributed by atoms with van der Waals surface area (Å²) in [6.07, 6.45) is 3.26. The van der Waals surface area contributed by atoms with Crippen LogP contribution in [-0.2, 0) is 19.5 Å². The number of anilines is 1. The lowest BCUT2D eigenvalue weighted by atomic mass is 10.2. The zero-order valence-corrected chi connectivity index (χ0v) is 20.2. The third-order valence-electron chi connectivity index (χ3n) is 4.75. The van der Waals surface area contributed by atoms with Gasteiger partial charge in [-0.05, 0) is 49.1 Å². The van der Waals surface area contributed by atoms with Gasteiger partial charge in [-0.1, -0.05) is 19.1 Å². The summed E-state index contributed by atoms with van der Waals surface area (Å²) < 4.78 is 0. The van der Waals surface area contributed by atoms with Crippen molar-refractivity contribution < 1.29 is 4.79 Å². The van der Waals surface area contributed by atoms with Gasteiger partial charge in [0.15, 0.2) is 5.96 Å². The van der Waals surface area contributed by atoms with E-state index in [4.69, 9.17) is 0 Å². The van der Waals surface area contributed by atoms with Crippen molar-refractivity contribution in [3.05, 3.63) is 51.7 Å². The molecule has 29 heavy (non-hydrogen) atoms. The van der Waals surface area contributed by atoms with Crippen LogP contribution in [0.1, 0.15) is 35.1 Å². The molecule has 0 aliphatic carbocycles. The van der Waals surface area contributed by atoms with Gasteiger partial charge in [0, 0.05) is 42.1 Å². The lowest BCUT2D eigenvalue weighted by Crippen LogP contribution is -2.36. The number of likely N-dealkylation sites (tertiary alicyclic amines) is 1. The molecule has 2 heterocycles. The van der Waals surface area contributed by atoms with Gasteiger partial charge in [-0.15, -0.1) is 35.3 Å². The lowest BCUT2D eigenvalue weighted by molar-refractivity contribution is 0.222. The van der Waals surface area contributed by atoms with Crippen LogP contribution in [0.4, 0.5) is 10.5 Å². The number of hydrogen-bond acceptors (Lipinski definition) is 3. The molecule has 0 radical (unpaired) electrons. The SMILES string of the molecule is CCc1ccc(CNC(=NC)NCc2cccc(NC(=O)N3CCCC3)c2)s1.I. The molecule has 1 aliphatic rings. The monoisotopic (exact) mass is 527 g/mol. The number of carbonyl (C=O) groups excluding carboxylic acids is 1. The second-order valence-electron chi connectivity index (χ2n) is 6.83. The molecule has 6 nitrogen and oxygen atoms in total. The Morgan fingerprint density at radius 3 is 2.52 bits per heavy atom. The molecule has 0 saturated carbocycles. The van der Waals surface area contributed by atoms with Crippen LogP contribution in [0.5, 0.6) is 0 Å². The second kappa shape index (κ2) is 12.0. The number of nitrogens with one attached hydrogen (secondary N) is 3. The summed E-state index contributed by atoms with van der Waals surface area (Å²) in [6.45, 7) is 5.26. The van der Waals surface area contributed by atoms with E-state index in [2.05, 4.69) is 40.0 Å². The van der Waals surface area contributed by atoms with Crippen molar-refractivity contribution in [2.24, 2.45) is 4.99 Å². The highest BCUT2D eigenvalue weighted by atomic mass is 127. The topological polar surface area (TPSA) is 68.8 Å². The van der Waals surface area contributed by atoms with Gasteiger partial charge in [-0.25, -0.2) is 4.79 Å². The average Bonchev–Trinajstić information content (AvgIpc) is 3.40. The molecule has 0 atom stereocenters. The maximum atomic E-state index is 12.3. The van der Waals surface area contributed by atoms with Crippen LogP contribution in [0, 0.1) is 0 Å². The number of halogens is 1. The van der Waals surface area contributed by atoms with E-state index in [1.165, 1.54) is 9.75 Å². The fraction of sp³-hybridized carbons (Fsp3) is 0.429. The Morgan fingerprint density at radius 2 is 1.83 bits per heavy atom. The predicted octanol–water partition coefficient (Wildman–Crippen LogP) is 4.42. The molecule has 0 spiro atoms. The van der Waals surface area contributed by atoms with Gasteiger partial charge in [0.1, 0.15) is 0 Å². The summed E-state index contributed by atoms with van der Waals surface area (Å²) in [5.41, 5.74) is 1.91. The molecule has 2 aromatic rings. The predicted molar refractivity (Wildman–Crippen MR) is 132 cm³/mol. The number of rotatable bonds is 6. The highest BCUT2D eigenvalue weighted by Gasteiger charge is 2.17. The van der Waals surface area contributed by atoms with Crippen LogP contribution >= 0.6 is 35.3 Å².